The predicted octanol–water partition coefficient (Wildman–Crippen LogP) is 4.92. The predicted molar refractivity (Wildman–Crippen MR) is 90.3 cm³/mol. The molecule has 0 heterocycles. The van der Waals surface area contributed by atoms with Gasteiger partial charge in [0.15, 0.2) is 5.78 Å². The Balaban J connectivity index is 2.24. The van der Waals surface area contributed by atoms with Crippen molar-refractivity contribution in [1.82, 2.24) is 0 Å². The lowest BCUT2D eigenvalue weighted by atomic mass is 9.87. The highest BCUT2D eigenvalue weighted by molar-refractivity contribution is 6.10. The molecule has 0 radical (unpaired) electrons. The second kappa shape index (κ2) is 8.26. The maximum atomic E-state index is 12.8. The first-order valence-electron chi connectivity index (χ1n) is 8.86. The molecule has 2 heteroatoms. The van der Waals surface area contributed by atoms with Gasteiger partial charge in [0.25, 0.3) is 0 Å². The van der Waals surface area contributed by atoms with Crippen LogP contribution in [-0.2, 0) is 17.6 Å². The van der Waals surface area contributed by atoms with E-state index in [0.29, 0.717) is 6.42 Å². The molecule has 1 aliphatic carbocycles. The molecule has 0 bridgehead atoms. The number of benzene rings is 1. The van der Waals surface area contributed by atoms with Crippen LogP contribution in [0.25, 0.3) is 0 Å². The van der Waals surface area contributed by atoms with Gasteiger partial charge in [-0.2, -0.15) is 0 Å². The molecule has 0 aromatic heterocycles. The molecule has 1 fully saturated rings. The van der Waals surface area contributed by atoms with Crippen molar-refractivity contribution in [3.05, 3.63) is 34.9 Å². The number of carbonyl (C=O) groups excluding carboxylic acids is 2. The highest BCUT2D eigenvalue weighted by Crippen LogP contribution is 2.25. The van der Waals surface area contributed by atoms with Crippen molar-refractivity contribution in [2.75, 3.05) is 0 Å². The molecule has 1 unspecified atom stereocenters. The number of Topliss-reactive ketones (excluding diaryl/α,β-unsaturated/α-hetero) is 2. The number of aryl methyl sites for hydroxylation is 2. The fraction of sp³-hybridized carbons (Fsp3) is 0.600. The standard InChI is InChI=1S/C20H28O2/c1-3-8-15-12-13-17(14-16(15)9-4-2)20(22)18-10-6-5-7-11-19(18)21/h12-14,18H,3-11H2,1-2H3. The highest BCUT2D eigenvalue weighted by Gasteiger charge is 2.28. The monoisotopic (exact) mass is 300 g/mol. The topological polar surface area (TPSA) is 34.1 Å². The second-order valence-electron chi connectivity index (χ2n) is 6.47. The van der Waals surface area contributed by atoms with Crippen molar-refractivity contribution in [2.45, 2.75) is 71.6 Å². The number of ketones is 2. The summed E-state index contributed by atoms with van der Waals surface area (Å²) in [6, 6.07) is 6.09. The van der Waals surface area contributed by atoms with Crippen molar-refractivity contribution >= 4 is 11.6 Å². The third-order valence-electron chi connectivity index (χ3n) is 4.65. The molecule has 1 aliphatic rings. The van der Waals surface area contributed by atoms with Gasteiger partial charge in [-0.1, -0.05) is 51.7 Å². The van der Waals surface area contributed by atoms with Gasteiger partial charge >= 0.3 is 0 Å². The summed E-state index contributed by atoms with van der Waals surface area (Å²) in [6.07, 6.45) is 8.59. The quantitative estimate of drug-likeness (QED) is 0.424. The van der Waals surface area contributed by atoms with Crippen LogP contribution in [-0.4, -0.2) is 11.6 Å². The van der Waals surface area contributed by atoms with Gasteiger partial charge < -0.3 is 0 Å². The largest absolute Gasteiger partial charge is 0.299 e. The van der Waals surface area contributed by atoms with E-state index in [9.17, 15) is 9.59 Å². The van der Waals surface area contributed by atoms with Crippen LogP contribution in [0.4, 0.5) is 0 Å². The van der Waals surface area contributed by atoms with E-state index in [1.807, 2.05) is 6.07 Å². The van der Waals surface area contributed by atoms with E-state index in [-0.39, 0.29) is 11.6 Å². The molecule has 2 rings (SSSR count). The van der Waals surface area contributed by atoms with Crippen LogP contribution in [0, 0.1) is 5.92 Å². The molecule has 1 aromatic carbocycles. The lowest BCUT2D eigenvalue weighted by Gasteiger charge is -2.14. The zero-order chi connectivity index (χ0) is 15.9. The van der Waals surface area contributed by atoms with Gasteiger partial charge in [-0.05, 0) is 42.9 Å². The molecule has 1 aromatic rings. The average molecular weight is 300 g/mol. The summed E-state index contributed by atoms with van der Waals surface area (Å²) >= 11 is 0. The van der Waals surface area contributed by atoms with E-state index in [1.165, 1.54) is 11.1 Å². The van der Waals surface area contributed by atoms with Crippen LogP contribution in [0.1, 0.15) is 80.3 Å². The SMILES string of the molecule is CCCc1ccc(C(=O)C2CCCCCC2=O)cc1CCC. The fourth-order valence-corrected chi connectivity index (χ4v) is 3.43. The molecule has 1 atom stereocenters. The zero-order valence-corrected chi connectivity index (χ0v) is 14.0. The van der Waals surface area contributed by atoms with Gasteiger partial charge in [-0.25, -0.2) is 0 Å². The molecule has 0 amide bonds. The molecule has 0 N–H and O–H groups in total. The summed E-state index contributed by atoms with van der Waals surface area (Å²) in [6.45, 7) is 4.35. The van der Waals surface area contributed by atoms with Gasteiger partial charge in [-0.3, -0.25) is 9.59 Å². The van der Waals surface area contributed by atoms with Crippen LogP contribution < -0.4 is 0 Å². The van der Waals surface area contributed by atoms with E-state index in [2.05, 4.69) is 26.0 Å². The average Bonchev–Trinajstić information content (AvgIpc) is 2.73. The van der Waals surface area contributed by atoms with Crippen LogP contribution >= 0.6 is 0 Å². The fourth-order valence-electron chi connectivity index (χ4n) is 3.43. The summed E-state index contributed by atoms with van der Waals surface area (Å²) in [5, 5.41) is 0. The van der Waals surface area contributed by atoms with Crippen LogP contribution in [0.3, 0.4) is 0 Å². The van der Waals surface area contributed by atoms with Crippen LogP contribution in [0.2, 0.25) is 0 Å². The number of hydrogen-bond acceptors (Lipinski definition) is 2. The van der Waals surface area contributed by atoms with E-state index in [4.69, 9.17) is 0 Å². The molecule has 2 nitrogen and oxygen atoms in total. The summed E-state index contributed by atoms with van der Waals surface area (Å²) in [7, 11) is 0. The zero-order valence-electron chi connectivity index (χ0n) is 14.0. The van der Waals surface area contributed by atoms with Crippen molar-refractivity contribution < 1.29 is 9.59 Å². The van der Waals surface area contributed by atoms with Gasteiger partial charge in [0.05, 0.1) is 5.92 Å². The molecule has 22 heavy (non-hydrogen) atoms. The second-order valence-corrected chi connectivity index (χ2v) is 6.47. The maximum absolute atomic E-state index is 12.8. The van der Waals surface area contributed by atoms with Gasteiger partial charge in [0.2, 0.25) is 0 Å². The first-order chi connectivity index (χ1) is 10.7. The molecule has 0 aliphatic heterocycles. The molecule has 0 spiro atoms. The van der Waals surface area contributed by atoms with Crippen LogP contribution in [0.15, 0.2) is 18.2 Å². The minimum atomic E-state index is -0.394. The number of hydrogen-bond donors (Lipinski definition) is 0. The van der Waals surface area contributed by atoms with Crippen molar-refractivity contribution in [3.63, 3.8) is 0 Å². The Kier molecular flexibility index (Phi) is 6.35. The van der Waals surface area contributed by atoms with Crippen molar-refractivity contribution in [2.24, 2.45) is 5.92 Å². The van der Waals surface area contributed by atoms with Crippen LogP contribution in [0.5, 0.6) is 0 Å². The maximum Gasteiger partial charge on any atom is 0.173 e. The van der Waals surface area contributed by atoms with Gasteiger partial charge in [0.1, 0.15) is 5.78 Å². The van der Waals surface area contributed by atoms with Crippen molar-refractivity contribution in [1.29, 1.82) is 0 Å². The molecule has 120 valence electrons. The van der Waals surface area contributed by atoms with E-state index in [1.54, 1.807) is 0 Å². The summed E-state index contributed by atoms with van der Waals surface area (Å²) in [5.41, 5.74) is 3.38. The van der Waals surface area contributed by atoms with Crippen molar-refractivity contribution in [3.8, 4) is 0 Å². The minimum absolute atomic E-state index is 0.0484. The lowest BCUT2D eigenvalue weighted by Crippen LogP contribution is -2.23. The Morgan fingerprint density at radius 1 is 1.05 bits per heavy atom. The molecular formula is C20H28O2. The van der Waals surface area contributed by atoms with Gasteiger partial charge in [-0.15, -0.1) is 0 Å². The van der Waals surface area contributed by atoms with E-state index in [0.717, 1.165) is 56.9 Å². The Labute approximate surface area is 134 Å². The minimum Gasteiger partial charge on any atom is -0.299 e. The lowest BCUT2D eigenvalue weighted by molar-refractivity contribution is -0.121. The number of carbonyl (C=O) groups is 2. The number of rotatable bonds is 6. The highest BCUT2D eigenvalue weighted by atomic mass is 16.1. The molecule has 1 saturated carbocycles. The van der Waals surface area contributed by atoms with Gasteiger partial charge in [0, 0.05) is 12.0 Å². The van der Waals surface area contributed by atoms with E-state index >= 15 is 0 Å². The Bertz CT molecular complexity index is 531. The summed E-state index contributed by atoms with van der Waals surface area (Å²) in [4.78, 5) is 25.0. The molecular weight excluding hydrogens is 272 g/mol. The smallest absolute Gasteiger partial charge is 0.173 e. The third-order valence-corrected chi connectivity index (χ3v) is 4.65. The normalized spacial score (nSPS) is 19.0. The first kappa shape index (κ1) is 16.9. The summed E-state index contributed by atoms with van der Waals surface area (Å²) < 4.78 is 0. The summed E-state index contributed by atoms with van der Waals surface area (Å²) in [5.74, 6) is -0.196. The molecule has 0 saturated heterocycles. The third kappa shape index (κ3) is 4.06. The Morgan fingerprint density at radius 3 is 2.50 bits per heavy atom. The van der Waals surface area contributed by atoms with E-state index < -0.39 is 5.92 Å². The first-order valence-corrected chi connectivity index (χ1v) is 8.86. The Morgan fingerprint density at radius 2 is 1.77 bits per heavy atom. The Hall–Kier alpha value is -1.44.